The van der Waals surface area contributed by atoms with Gasteiger partial charge in [-0.3, -0.25) is 9.78 Å². The van der Waals surface area contributed by atoms with Crippen molar-refractivity contribution in [1.82, 2.24) is 15.3 Å². The van der Waals surface area contributed by atoms with E-state index >= 15 is 0 Å². The van der Waals surface area contributed by atoms with Crippen LogP contribution in [-0.2, 0) is 6.42 Å². The summed E-state index contributed by atoms with van der Waals surface area (Å²) in [5.74, 6) is -0.108. The van der Waals surface area contributed by atoms with Crippen LogP contribution >= 0.6 is 0 Å². The number of aliphatic hydroxyl groups excluding tert-OH is 1. The highest BCUT2D eigenvalue weighted by Crippen LogP contribution is 2.40. The van der Waals surface area contributed by atoms with E-state index in [2.05, 4.69) is 20.6 Å². The number of ether oxygens (including phenoxy) is 1. The molecule has 3 heterocycles. The molecule has 3 aromatic rings. The quantitative estimate of drug-likeness (QED) is 0.525. The third-order valence-corrected chi connectivity index (χ3v) is 4.46. The van der Waals surface area contributed by atoms with E-state index in [-0.39, 0.29) is 24.9 Å². The summed E-state index contributed by atoms with van der Waals surface area (Å²) >= 11 is 0. The highest BCUT2D eigenvalue weighted by molar-refractivity contribution is 6.06. The molecule has 0 fully saturated rings. The Morgan fingerprint density at radius 1 is 1.32 bits per heavy atom. The van der Waals surface area contributed by atoms with Crippen molar-refractivity contribution < 1.29 is 19.0 Å². The van der Waals surface area contributed by atoms with Crippen LogP contribution in [0.15, 0.2) is 42.7 Å². The van der Waals surface area contributed by atoms with E-state index in [0.29, 0.717) is 46.9 Å². The molecule has 1 aliphatic rings. The number of aromatic nitrogens is 2. The highest BCUT2D eigenvalue weighted by atomic mass is 19.1. The van der Waals surface area contributed by atoms with E-state index < -0.39 is 0 Å². The monoisotopic (exact) mass is 382 g/mol. The van der Waals surface area contributed by atoms with Crippen molar-refractivity contribution in [2.24, 2.45) is 0 Å². The van der Waals surface area contributed by atoms with Gasteiger partial charge in [0.25, 0.3) is 5.91 Å². The van der Waals surface area contributed by atoms with E-state index in [4.69, 9.17) is 9.84 Å². The van der Waals surface area contributed by atoms with Gasteiger partial charge in [-0.1, -0.05) is 6.07 Å². The van der Waals surface area contributed by atoms with Gasteiger partial charge in [0.1, 0.15) is 18.2 Å². The van der Waals surface area contributed by atoms with Gasteiger partial charge in [-0.25, -0.2) is 4.39 Å². The van der Waals surface area contributed by atoms with E-state index in [1.54, 1.807) is 30.6 Å². The molecule has 1 aromatic carbocycles. The number of anilines is 2. The molecule has 0 aliphatic carbocycles. The second kappa shape index (κ2) is 7.69. The first-order valence-corrected chi connectivity index (χ1v) is 8.91. The van der Waals surface area contributed by atoms with Crippen LogP contribution in [0.4, 0.5) is 15.8 Å². The van der Waals surface area contributed by atoms with Gasteiger partial charge in [0, 0.05) is 36.1 Å². The van der Waals surface area contributed by atoms with Gasteiger partial charge < -0.3 is 25.5 Å². The van der Waals surface area contributed by atoms with Crippen molar-refractivity contribution in [3.63, 3.8) is 0 Å². The molecule has 0 bridgehead atoms. The third kappa shape index (κ3) is 3.41. The Balaban J connectivity index is 1.85. The number of carbonyl (C=O) groups is 1. The number of fused-ring (bicyclic) bond motifs is 1. The summed E-state index contributed by atoms with van der Waals surface area (Å²) in [6.07, 6.45) is 3.82. The number of H-pyrrole nitrogens is 1. The van der Waals surface area contributed by atoms with Crippen molar-refractivity contribution in [2.45, 2.75) is 6.42 Å². The Labute approximate surface area is 160 Å². The largest absolute Gasteiger partial charge is 0.489 e. The van der Waals surface area contributed by atoms with Gasteiger partial charge >= 0.3 is 0 Å². The fourth-order valence-electron chi connectivity index (χ4n) is 3.27. The molecule has 0 spiro atoms. The van der Waals surface area contributed by atoms with Gasteiger partial charge in [0.2, 0.25) is 0 Å². The average Bonchev–Trinajstić information content (AvgIpc) is 3.06. The van der Waals surface area contributed by atoms with Crippen molar-refractivity contribution in [2.75, 3.05) is 25.1 Å². The Morgan fingerprint density at radius 2 is 2.21 bits per heavy atom. The lowest BCUT2D eigenvalue weighted by atomic mass is 10.0. The number of carbonyl (C=O) groups excluding carboxylic acids is 1. The number of amides is 1. The Kier molecular flexibility index (Phi) is 4.94. The van der Waals surface area contributed by atoms with Crippen LogP contribution in [0.2, 0.25) is 0 Å². The van der Waals surface area contributed by atoms with Crippen LogP contribution in [0.5, 0.6) is 5.75 Å². The third-order valence-electron chi connectivity index (χ3n) is 4.46. The molecule has 0 saturated heterocycles. The molecular weight excluding hydrogens is 363 g/mol. The van der Waals surface area contributed by atoms with E-state index in [1.165, 1.54) is 12.1 Å². The van der Waals surface area contributed by atoms with Gasteiger partial charge in [-0.2, -0.15) is 0 Å². The normalized spacial score (nSPS) is 13.0. The molecule has 4 rings (SSSR count). The van der Waals surface area contributed by atoms with Gasteiger partial charge in [0.15, 0.2) is 0 Å². The molecule has 0 saturated carbocycles. The molecule has 0 unspecified atom stereocenters. The number of hydrogen-bond donors (Lipinski definition) is 4. The second-order valence-electron chi connectivity index (χ2n) is 6.31. The van der Waals surface area contributed by atoms with Crippen LogP contribution in [0, 0.1) is 5.82 Å². The molecular formula is C20H19FN4O3. The molecule has 2 aromatic heterocycles. The average molecular weight is 382 g/mol. The molecule has 8 heteroatoms. The lowest BCUT2D eigenvalue weighted by Crippen LogP contribution is -2.31. The lowest BCUT2D eigenvalue weighted by molar-refractivity contribution is 0.0947. The van der Waals surface area contributed by atoms with Crippen molar-refractivity contribution in [3.8, 4) is 17.0 Å². The summed E-state index contributed by atoms with van der Waals surface area (Å²) in [7, 11) is 0. The number of halogens is 1. The number of rotatable bonds is 6. The number of benzene rings is 1. The van der Waals surface area contributed by atoms with Crippen LogP contribution in [-0.4, -0.2) is 40.7 Å². The first-order valence-electron chi connectivity index (χ1n) is 8.91. The maximum atomic E-state index is 13.7. The molecule has 144 valence electrons. The van der Waals surface area contributed by atoms with Crippen LogP contribution in [0.25, 0.3) is 11.3 Å². The SMILES string of the molecule is O=C1NCCc2[nH]c(-c3ccncc3OCCO)c(Nc3cccc(F)c3)c21. The summed E-state index contributed by atoms with van der Waals surface area (Å²) in [5.41, 5.74) is 3.68. The van der Waals surface area contributed by atoms with Crippen LogP contribution in [0.1, 0.15) is 16.1 Å². The zero-order valence-electron chi connectivity index (χ0n) is 15.0. The molecule has 0 atom stereocenters. The minimum Gasteiger partial charge on any atom is -0.489 e. The molecule has 0 radical (unpaired) electrons. The highest BCUT2D eigenvalue weighted by Gasteiger charge is 2.28. The minimum absolute atomic E-state index is 0.117. The zero-order valence-corrected chi connectivity index (χ0v) is 15.0. The van der Waals surface area contributed by atoms with Gasteiger partial charge in [0.05, 0.1) is 29.7 Å². The van der Waals surface area contributed by atoms with Gasteiger partial charge in [-0.05, 0) is 24.3 Å². The van der Waals surface area contributed by atoms with E-state index in [1.807, 2.05) is 0 Å². The summed E-state index contributed by atoms with van der Waals surface area (Å²) in [5, 5.41) is 15.1. The summed E-state index contributed by atoms with van der Waals surface area (Å²) in [6, 6.07) is 7.80. The summed E-state index contributed by atoms with van der Waals surface area (Å²) in [4.78, 5) is 19.9. The lowest BCUT2D eigenvalue weighted by Gasteiger charge is -2.15. The topological polar surface area (TPSA) is 99.3 Å². The molecule has 7 nitrogen and oxygen atoms in total. The Bertz CT molecular complexity index is 1020. The van der Waals surface area contributed by atoms with Crippen LogP contribution in [0.3, 0.4) is 0 Å². The van der Waals surface area contributed by atoms with Gasteiger partial charge in [-0.15, -0.1) is 0 Å². The van der Waals surface area contributed by atoms with Crippen molar-refractivity contribution in [1.29, 1.82) is 0 Å². The number of pyridine rings is 1. The number of nitrogens with zero attached hydrogens (tertiary/aromatic N) is 1. The Hall–Kier alpha value is -3.39. The molecule has 1 amide bonds. The first kappa shape index (κ1) is 18.0. The number of aromatic amines is 1. The zero-order chi connectivity index (χ0) is 19.5. The number of nitrogens with one attached hydrogen (secondary N) is 3. The van der Waals surface area contributed by atoms with Crippen LogP contribution < -0.4 is 15.4 Å². The Morgan fingerprint density at radius 3 is 3.04 bits per heavy atom. The maximum Gasteiger partial charge on any atom is 0.255 e. The smallest absolute Gasteiger partial charge is 0.255 e. The standard InChI is InChI=1S/C20H19FN4O3/c21-12-2-1-3-13(10-12)24-19-17-15(5-7-23-20(17)27)25-18(19)14-4-6-22-11-16(14)28-9-8-26/h1-4,6,10-11,24-26H,5,7-9H2,(H,23,27). The second-order valence-corrected chi connectivity index (χ2v) is 6.31. The predicted octanol–water partition coefficient (Wildman–Crippen LogP) is 2.62. The first-order chi connectivity index (χ1) is 13.7. The van der Waals surface area contributed by atoms with Crippen molar-refractivity contribution >= 4 is 17.3 Å². The van der Waals surface area contributed by atoms with Crippen molar-refractivity contribution in [3.05, 3.63) is 59.8 Å². The molecule has 4 N–H and O–H groups in total. The fourth-order valence-corrected chi connectivity index (χ4v) is 3.27. The minimum atomic E-state index is -0.378. The van der Waals surface area contributed by atoms with E-state index in [0.717, 1.165) is 5.69 Å². The summed E-state index contributed by atoms with van der Waals surface area (Å²) < 4.78 is 19.3. The maximum absolute atomic E-state index is 13.7. The van der Waals surface area contributed by atoms with E-state index in [9.17, 15) is 9.18 Å². The number of aliphatic hydroxyl groups is 1. The number of hydrogen-bond acceptors (Lipinski definition) is 5. The summed E-state index contributed by atoms with van der Waals surface area (Å²) in [6.45, 7) is 0.522. The predicted molar refractivity (Wildman–Crippen MR) is 102 cm³/mol. The molecule has 28 heavy (non-hydrogen) atoms. The molecule has 1 aliphatic heterocycles. The fraction of sp³-hybridized carbons (Fsp3) is 0.200.